The fourth-order valence-corrected chi connectivity index (χ4v) is 2.95. The van der Waals surface area contributed by atoms with E-state index in [-0.39, 0.29) is 0 Å². The molecule has 0 radical (unpaired) electrons. The van der Waals surface area contributed by atoms with E-state index in [0.717, 1.165) is 42.0 Å². The maximum atomic E-state index is 6.46. The summed E-state index contributed by atoms with van der Waals surface area (Å²) in [5.41, 5.74) is 3.36. The standard InChI is InChI=1S/C20H29ClN4O/c1-6-8-9-12-22-19-20(26-5)25-17(15(7-2)24-19)14-10-11-16(13(3)4)23-18(14)21/h10-11,13H,6-9,12H2,1-5H3,(H,22,24). The highest BCUT2D eigenvalue weighted by molar-refractivity contribution is 6.32. The zero-order chi connectivity index (χ0) is 19.1. The summed E-state index contributed by atoms with van der Waals surface area (Å²) in [5.74, 6) is 1.49. The number of pyridine rings is 1. The minimum absolute atomic E-state index is 0.322. The normalized spacial score (nSPS) is 11.0. The Bertz CT molecular complexity index is 734. The van der Waals surface area contributed by atoms with Gasteiger partial charge in [0, 0.05) is 17.8 Å². The van der Waals surface area contributed by atoms with Gasteiger partial charge in [-0.1, -0.05) is 52.1 Å². The third-order valence-corrected chi connectivity index (χ3v) is 4.54. The minimum atomic E-state index is 0.322. The lowest BCUT2D eigenvalue weighted by molar-refractivity contribution is 0.398. The number of hydrogen-bond donors (Lipinski definition) is 1. The van der Waals surface area contributed by atoms with Crippen LogP contribution < -0.4 is 10.1 Å². The molecular weight excluding hydrogens is 348 g/mol. The second-order valence-corrected chi connectivity index (χ2v) is 6.95. The highest BCUT2D eigenvalue weighted by atomic mass is 35.5. The molecular formula is C20H29ClN4O. The number of halogens is 1. The van der Waals surface area contributed by atoms with Crippen molar-refractivity contribution >= 4 is 17.4 Å². The van der Waals surface area contributed by atoms with Crippen molar-refractivity contribution in [2.45, 2.75) is 59.3 Å². The van der Waals surface area contributed by atoms with Gasteiger partial charge < -0.3 is 10.1 Å². The number of anilines is 1. The van der Waals surface area contributed by atoms with Gasteiger partial charge in [-0.2, -0.15) is 0 Å². The summed E-state index contributed by atoms with van der Waals surface area (Å²) in [7, 11) is 1.61. The lowest BCUT2D eigenvalue weighted by atomic mass is 10.1. The quantitative estimate of drug-likeness (QED) is 0.463. The third-order valence-electron chi connectivity index (χ3n) is 4.25. The fraction of sp³-hybridized carbons (Fsp3) is 0.550. The summed E-state index contributed by atoms with van der Waals surface area (Å²) in [4.78, 5) is 14.0. The number of methoxy groups -OCH3 is 1. The van der Waals surface area contributed by atoms with Crippen molar-refractivity contribution in [3.05, 3.63) is 28.7 Å². The Morgan fingerprint density at radius 1 is 1.12 bits per heavy atom. The molecule has 0 spiro atoms. The van der Waals surface area contributed by atoms with Crippen molar-refractivity contribution in [1.82, 2.24) is 15.0 Å². The molecule has 0 aliphatic heterocycles. The topological polar surface area (TPSA) is 59.9 Å². The lowest BCUT2D eigenvalue weighted by Crippen LogP contribution is -2.09. The van der Waals surface area contributed by atoms with Crippen LogP contribution in [0.25, 0.3) is 11.3 Å². The zero-order valence-corrected chi connectivity index (χ0v) is 17.2. The molecule has 6 heteroatoms. The van der Waals surface area contributed by atoms with Gasteiger partial charge in [-0.25, -0.2) is 15.0 Å². The number of aromatic nitrogens is 3. The van der Waals surface area contributed by atoms with Crippen LogP contribution in [-0.4, -0.2) is 28.6 Å². The summed E-state index contributed by atoms with van der Waals surface area (Å²) in [6.07, 6.45) is 4.21. The number of ether oxygens (including phenoxy) is 1. The Labute approximate surface area is 161 Å². The van der Waals surface area contributed by atoms with Crippen LogP contribution in [-0.2, 0) is 6.42 Å². The van der Waals surface area contributed by atoms with Crippen molar-refractivity contribution < 1.29 is 4.74 Å². The molecule has 0 fully saturated rings. The van der Waals surface area contributed by atoms with Crippen molar-refractivity contribution in [2.75, 3.05) is 19.0 Å². The molecule has 5 nitrogen and oxygen atoms in total. The molecule has 142 valence electrons. The van der Waals surface area contributed by atoms with E-state index in [2.05, 4.69) is 38.0 Å². The SMILES string of the molecule is CCCCCNc1nc(CC)c(-c2ccc(C(C)C)nc2Cl)nc1OC. The van der Waals surface area contributed by atoms with Gasteiger partial charge in [0.05, 0.1) is 18.5 Å². The molecule has 0 amide bonds. The van der Waals surface area contributed by atoms with Crippen molar-refractivity contribution in [3.63, 3.8) is 0 Å². The maximum absolute atomic E-state index is 6.46. The molecule has 0 saturated heterocycles. The molecule has 26 heavy (non-hydrogen) atoms. The number of hydrogen-bond acceptors (Lipinski definition) is 5. The molecule has 1 N–H and O–H groups in total. The Morgan fingerprint density at radius 3 is 2.46 bits per heavy atom. The Hall–Kier alpha value is -1.88. The molecule has 0 bridgehead atoms. The highest BCUT2D eigenvalue weighted by Crippen LogP contribution is 2.32. The number of nitrogens with one attached hydrogen (secondary N) is 1. The highest BCUT2D eigenvalue weighted by Gasteiger charge is 2.18. The van der Waals surface area contributed by atoms with E-state index in [1.807, 2.05) is 12.1 Å². The fourth-order valence-electron chi connectivity index (χ4n) is 2.70. The predicted octanol–water partition coefficient (Wildman–Crippen LogP) is 5.49. The van der Waals surface area contributed by atoms with Crippen LogP contribution in [0.2, 0.25) is 5.15 Å². The van der Waals surface area contributed by atoms with Gasteiger partial charge in [0.15, 0.2) is 5.82 Å². The van der Waals surface area contributed by atoms with E-state index in [9.17, 15) is 0 Å². The average molecular weight is 377 g/mol. The number of rotatable bonds is 9. The van der Waals surface area contributed by atoms with Gasteiger partial charge in [0.1, 0.15) is 5.15 Å². The molecule has 2 aromatic heterocycles. The maximum Gasteiger partial charge on any atom is 0.257 e. The molecule has 0 aromatic carbocycles. The van der Waals surface area contributed by atoms with Gasteiger partial charge in [0.25, 0.3) is 5.88 Å². The number of unbranched alkanes of at least 4 members (excludes halogenated alkanes) is 2. The molecule has 2 rings (SSSR count). The Kier molecular flexibility index (Phi) is 7.64. The third kappa shape index (κ3) is 4.85. The Balaban J connectivity index is 2.39. The first-order valence-corrected chi connectivity index (χ1v) is 9.75. The first-order valence-electron chi connectivity index (χ1n) is 9.37. The van der Waals surface area contributed by atoms with Crippen LogP contribution in [0.3, 0.4) is 0 Å². The molecule has 0 saturated carbocycles. The first-order chi connectivity index (χ1) is 12.5. The van der Waals surface area contributed by atoms with Crippen LogP contribution in [0.4, 0.5) is 5.82 Å². The van der Waals surface area contributed by atoms with Crippen LogP contribution >= 0.6 is 11.6 Å². The smallest absolute Gasteiger partial charge is 0.257 e. The molecule has 0 aliphatic carbocycles. The minimum Gasteiger partial charge on any atom is -0.478 e. The Morgan fingerprint density at radius 2 is 1.88 bits per heavy atom. The van der Waals surface area contributed by atoms with E-state index in [1.54, 1.807) is 7.11 Å². The van der Waals surface area contributed by atoms with Crippen LogP contribution in [0.5, 0.6) is 5.88 Å². The van der Waals surface area contributed by atoms with Gasteiger partial charge in [0.2, 0.25) is 0 Å². The summed E-state index contributed by atoms with van der Waals surface area (Å²) in [5, 5.41) is 3.79. The lowest BCUT2D eigenvalue weighted by Gasteiger charge is -2.15. The monoisotopic (exact) mass is 376 g/mol. The molecule has 0 aliphatic rings. The van der Waals surface area contributed by atoms with Crippen LogP contribution in [0.15, 0.2) is 12.1 Å². The summed E-state index contributed by atoms with van der Waals surface area (Å²) in [6, 6.07) is 3.97. The van der Waals surface area contributed by atoms with Crippen LogP contribution in [0, 0.1) is 0 Å². The molecule has 0 unspecified atom stereocenters. The largest absolute Gasteiger partial charge is 0.478 e. The second-order valence-electron chi connectivity index (χ2n) is 6.59. The van der Waals surface area contributed by atoms with Crippen LogP contribution in [0.1, 0.15) is 64.3 Å². The van der Waals surface area contributed by atoms with E-state index in [4.69, 9.17) is 26.3 Å². The second kappa shape index (κ2) is 9.72. The van der Waals surface area contributed by atoms with Crippen molar-refractivity contribution in [3.8, 4) is 17.1 Å². The van der Waals surface area contributed by atoms with E-state index >= 15 is 0 Å². The van der Waals surface area contributed by atoms with E-state index in [1.165, 1.54) is 12.8 Å². The first kappa shape index (κ1) is 20.4. The predicted molar refractivity (Wildman–Crippen MR) is 108 cm³/mol. The summed E-state index contributed by atoms with van der Waals surface area (Å²) < 4.78 is 5.47. The summed E-state index contributed by atoms with van der Waals surface area (Å²) >= 11 is 6.46. The van der Waals surface area contributed by atoms with Gasteiger partial charge in [-0.3, -0.25) is 0 Å². The number of nitrogens with zero attached hydrogens (tertiary/aromatic N) is 3. The summed E-state index contributed by atoms with van der Waals surface area (Å²) in [6.45, 7) is 9.29. The van der Waals surface area contributed by atoms with Crippen molar-refractivity contribution in [2.24, 2.45) is 0 Å². The van der Waals surface area contributed by atoms with Gasteiger partial charge in [-0.05, 0) is 30.9 Å². The molecule has 2 heterocycles. The van der Waals surface area contributed by atoms with Gasteiger partial charge >= 0.3 is 0 Å². The van der Waals surface area contributed by atoms with E-state index in [0.29, 0.717) is 22.8 Å². The average Bonchev–Trinajstić information content (AvgIpc) is 2.64. The molecule has 2 aromatic rings. The van der Waals surface area contributed by atoms with Crippen molar-refractivity contribution in [1.29, 1.82) is 0 Å². The molecule has 0 atom stereocenters. The zero-order valence-electron chi connectivity index (χ0n) is 16.4. The van der Waals surface area contributed by atoms with E-state index < -0.39 is 0 Å². The number of aryl methyl sites for hydroxylation is 1. The van der Waals surface area contributed by atoms with Gasteiger partial charge in [-0.15, -0.1) is 0 Å².